The van der Waals surface area contributed by atoms with Crippen molar-refractivity contribution in [2.75, 3.05) is 26.2 Å². The van der Waals surface area contributed by atoms with Crippen LogP contribution in [0.1, 0.15) is 31.9 Å². The zero-order valence-electron chi connectivity index (χ0n) is 13.0. The lowest BCUT2D eigenvalue weighted by Crippen LogP contribution is -2.53. The summed E-state index contributed by atoms with van der Waals surface area (Å²) in [6.45, 7) is 11.6. The minimum absolute atomic E-state index is 0.214. The van der Waals surface area contributed by atoms with E-state index >= 15 is 0 Å². The SMILES string of the molecule is CC(C)(C)N1CCN(Cc2ccc(F)cc2C(N)=S)CC1. The zero-order chi connectivity index (χ0) is 15.6. The molecule has 3 nitrogen and oxygen atoms in total. The fourth-order valence-electron chi connectivity index (χ4n) is 2.73. The average molecular weight is 309 g/mol. The Bertz CT molecular complexity index is 517. The van der Waals surface area contributed by atoms with Gasteiger partial charge >= 0.3 is 0 Å². The molecule has 1 aliphatic heterocycles. The quantitative estimate of drug-likeness (QED) is 0.869. The predicted octanol–water partition coefficient (Wildman–Crippen LogP) is 2.38. The normalized spacial score (nSPS) is 17.9. The molecule has 1 fully saturated rings. The molecular weight excluding hydrogens is 285 g/mol. The Morgan fingerprint density at radius 3 is 2.38 bits per heavy atom. The number of rotatable bonds is 3. The van der Waals surface area contributed by atoms with Crippen molar-refractivity contribution < 1.29 is 4.39 Å². The summed E-state index contributed by atoms with van der Waals surface area (Å²) in [5.74, 6) is -0.292. The first-order valence-corrected chi connectivity index (χ1v) is 7.74. The van der Waals surface area contributed by atoms with Crippen LogP contribution in [0, 0.1) is 5.82 Å². The lowest BCUT2D eigenvalue weighted by molar-refractivity contribution is 0.0591. The van der Waals surface area contributed by atoms with Gasteiger partial charge in [0.15, 0.2) is 0 Å². The number of piperazine rings is 1. The van der Waals surface area contributed by atoms with E-state index in [1.165, 1.54) is 12.1 Å². The molecule has 0 amide bonds. The highest BCUT2D eigenvalue weighted by molar-refractivity contribution is 7.80. The molecule has 0 aliphatic carbocycles. The Labute approximate surface area is 131 Å². The van der Waals surface area contributed by atoms with Gasteiger partial charge in [0.25, 0.3) is 0 Å². The van der Waals surface area contributed by atoms with E-state index in [9.17, 15) is 4.39 Å². The molecule has 0 saturated carbocycles. The van der Waals surface area contributed by atoms with Crippen molar-refractivity contribution in [3.05, 3.63) is 35.1 Å². The molecule has 116 valence electrons. The molecule has 0 bridgehead atoms. The van der Waals surface area contributed by atoms with E-state index in [1.54, 1.807) is 6.07 Å². The van der Waals surface area contributed by atoms with Gasteiger partial charge in [0, 0.05) is 43.8 Å². The molecule has 1 aromatic carbocycles. The smallest absolute Gasteiger partial charge is 0.123 e. The predicted molar refractivity (Wildman–Crippen MR) is 88.9 cm³/mol. The van der Waals surface area contributed by atoms with E-state index in [-0.39, 0.29) is 16.3 Å². The molecule has 1 heterocycles. The lowest BCUT2D eigenvalue weighted by atomic mass is 10.0. The van der Waals surface area contributed by atoms with Crippen LogP contribution in [0.15, 0.2) is 18.2 Å². The van der Waals surface area contributed by atoms with Crippen molar-refractivity contribution in [1.29, 1.82) is 0 Å². The van der Waals surface area contributed by atoms with Gasteiger partial charge in [-0.05, 0) is 38.5 Å². The number of nitrogens with two attached hydrogens (primary N) is 1. The molecule has 0 aromatic heterocycles. The van der Waals surface area contributed by atoms with Crippen LogP contribution in [0.25, 0.3) is 0 Å². The Balaban J connectivity index is 2.03. The molecule has 0 atom stereocenters. The van der Waals surface area contributed by atoms with Crippen LogP contribution in [0.4, 0.5) is 4.39 Å². The molecular formula is C16H24FN3S. The first-order chi connectivity index (χ1) is 9.77. The van der Waals surface area contributed by atoms with Gasteiger partial charge in [-0.2, -0.15) is 0 Å². The molecule has 0 radical (unpaired) electrons. The van der Waals surface area contributed by atoms with Crippen molar-refractivity contribution in [2.24, 2.45) is 5.73 Å². The second kappa shape index (κ2) is 6.38. The fraction of sp³-hybridized carbons (Fsp3) is 0.562. The lowest BCUT2D eigenvalue weighted by Gasteiger charge is -2.42. The van der Waals surface area contributed by atoms with Gasteiger partial charge in [-0.3, -0.25) is 9.80 Å². The Hall–Kier alpha value is -1.04. The zero-order valence-corrected chi connectivity index (χ0v) is 13.8. The minimum atomic E-state index is -0.292. The minimum Gasteiger partial charge on any atom is -0.389 e. The molecule has 0 unspecified atom stereocenters. The van der Waals surface area contributed by atoms with Crippen LogP contribution in [-0.2, 0) is 6.54 Å². The van der Waals surface area contributed by atoms with Gasteiger partial charge in [-0.15, -0.1) is 0 Å². The van der Waals surface area contributed by atoms with Crippen LogP contribution in [0.5, 0.6) is 0 Å². The van der Waals surface area contributed by atoms with Crippen molar-refractivity contribution in [3.63, 3.8) is 0 Å². The van der Waals surface area contributed by atoms with Gasteiger partial charge in [-0.1, -0.05) is 18.3 Å². The third kappa shape index (κ3) is 4.22. The van der Waals surface area contributed by atoms with E-state index < -0.39 is 0 Å². The molecule has 1 saturated heterocycles. The van der Waals surface area contributed by atoms with E-state index in [0.29, 0.717) is 5.56 Å². The number of halogens is 1. The summed E-state index contributed by atoms with van der Waals surface area (Å²) < 4.78 is 13.3. The van der Waals surface area contributed by atoms with Crippen LogP contribution < -0.4 is 5.73 Å². The second-order valence-electron chi connectivity index (χ2n) is 6.60. The van der Waals surface area contributed by atoms with Gasteiger partial charge < -0.3 is 5.73 Å². The molecule has 0 spiro atoms. The average Bonchev–Trinajstić information content (AvgIpc) is 2.40. The summed E-state index contributed by atoms with van der Waals surface area (Å²) in [7, 11) is 0. The molecule has 2 N–H and O–H groups in total. The molecule has 1 aliphatic rings. The number of hydrogen-bond donors (Lipinski definition) is 1. The monoisotopic (exact) mass is 309 g/mol. The summed E-state index contributed by atoms with van der Waals surface area (Å²) in [6.07, 6.45) is 0. The van der Waals surface area contributed by atoms with E-state index in [0.717, 1.165) is 38.3 Å². The van der Waals surface area contributed by atoms with Crippen LogP contribution in [-0.4, -0.2) is 46.5 Å². The summed E-state index contributed by atoms with van der Waals surface area (Å²) in [5, 5.41) is 0. The van der Waals surface area contributed by atoms with Gasteiger partial charge in [-0.25, -0.2) is 4.39 Å². The Kier molecular flexibility index (Phi) is 4.96. The third-order valence-electron chi connectivity index (χ3n) is 4.05. The van der Waals surface area contributed by atoms with Crippen LogP contribution in [0.2, 0.25) is 0 Å². The van der Waals surface area contributed by atoms with Gasteiger partial charge in [0.1, 0.15) is 10.8 Å². The number of benzene rings is 1. The maximum atomic E-state index is 13.3. The van der Waals surface area contributed by atoms with Crippen molar-refractivity contribution >= 4 is 17.2 Å². The topological polar surface area (TPSA) is 32.5 Å². The Morgan fingerprint density at radius 2 is 1.86 bits per heavy atom. The third-order valence-corrected chi connectivity index (χ3v) is 4.27. The molecule has 1 aromatic rings. The molecule has 2 rings (SSSR count). The molecule has 21 heavy (non-hydrogen) atoms. The molecule has 5 heteroatoms. The van der Waals surface area contributed by atoms with Crippen molar-refractivity contribution in [2.45, 2.75) is 32.9 Å². The van der Waals surface area contributed by atoms with E-state index in [1.807, 2.05) is 0 Å². The van der Waals surface area contributed by atoms with E-state index in [4.69, 9.17) is 18.0 Å². The highest BCUT2D eigenvalue weighted by Crippen LogP contribution is 2.19. The van der Waals surface area contributed by atoms with Gasteiger partial charge in [0.05, 0.1) is 0 Å². The largest absolute Gasteiger partial charge is 0.389 e. The van der Waals surface area contributed by atoms with Crippen molar-refractivity contribution in [1.82, 2.24) is 9.80 Å². The number of nitrogens with zero attached hydrogens (tertiary/aromatic N) is 2. The van der Waals surface area contributed by atoms with Crippen LogP contribution >= 0.6 is 12.2 Å². The highest BCUT2D eigenvalue weighted by Gasteiger charge is 2.26. The first-order valence-electron chi connectivity index (χ1n) is 7.33. The summed E-state index contributed by atoms with van der Waals surface area (Å²) in [5.41, 5.74) is 7.58. The second-order valence-corrected chi connectivity index (χ2v) is 7.04. The van der Waals surface area contributed by atoms with Crippen LogP contribution in [0.3, 0.4) is 0 Å². The number of hydrogen-bond acceptors (Lipinski definition) is 3. The van der Waals surface area contributed by atoms with Crippen molar-refractivity contribution in [3.8, 4) is 0 Å². The maximum absolute atomic E-state index is 13.3. The standard InChI is InChI=1S/C16H24FN3S/c1-16(2,3)20-8-6-19(7-9-20)11-12-4-5-13(17)10-14(12)15(18)21/h4-5,10H,6-9,11H2,1-3H3,(H2,18,21). The summed E-state index contributed by atoms with van der Waals surface area (Å²) >= 11 is 5.03. The first kappa shape index (κ1) is 16.3. The summed E-state index contributed by atoms with van der Waals surface area (Å²) in [4.78, 5) is 5.12. The Morgan fingerprint density at radius 1 is 1.24 bits per heavy atom. The summed E-state index contributed by atoms with van der Waals surface area (Å²) in [6, 6.07) is 4.70. The maximum Gasteiger partial charge on any atom is 0.123 e. The highest BCUT2D eigenvalue weighted by atomic mass is 32.1. The van der Waals surface area contributed by atoms with Gasteiger partial charge in [0.2, 0.25) is 0 Å². The fourth-order valence-corrected chi connectivity index (χ4v) is 2.92. The number of thiocarbonyl (C=S) groups is 1. The van der Waals surface area contributed by atoms with E-state index in [2.05, 4.69) is 30.6 Å².